The molecule has 0 spiro atoms. The third-order valence-corrected chi connectivity index (χ3v) is 12.4. The van der Waals surface area contributed by atoms with Crippen molar-refractivity contribution in [1.29, 1.82) is 0 Å². The van der Waals surface area contributed by atoms with E-state index in [-0.39, 0.29) is 0 Å². The summed E-state index contributed by atoms with van der Waals surface area (Å²) in [6.07, 6.45) is 0. The van der Waals surface area contributed by atoms with Crippen LogP contribution in [0.3, 0.4) is 0 Å². The van der Waals surface area contributed by atoms with Crippen molar-refractivity contribution in [3.05, 3.63) is 218 Å². The summed E-state index contributed by atoms with van der Waals surface area (Å²) >= 11 is 1.85. The van der Waals surface area contributed by atoms with Crippen LogP contribution in [-0.2, 0) is 0 Å². The van der Waals surface area contributed by atoms with Crippen LogP contribution in [-0.4, -0.2) is 19.9 Å². The molecule has 0 unspecified atom stereocenters. The molecule has 0 atom stereocenters. The van der Waals surface area contributed by atoms with Crippen molar-refractivity contribution in [3.63, 3.8) is 0 Å². The van der Waals surface area contributed by atoms with Crippen LogP contribution in [0.15, 0.2) is 218 Å². The van der Waals surface area contributed by atoms with Gasteiger partial charge in [-0.3, -0.25) is 0 Å². The molecule has 11 rings (SSSR count). The minimum Gasteiger partial charge on any atom is -0.228 e. The Morgan fingerprint density at radius 2 is 0.639 bits per heavy atom. The number of hydrogen-bond donors (Lipinski definition) is 0. The first-order valence-electron chi connectivity index (χ1n) is 20.4. The third kappa shape index (κ3) is 7.18. The number of rotatable bonds is 8. The lowest BCUT2D eigenvalue weighted by Crippen LogP contribution is -1.96. The molecule has 0 saturated carbocycles. The maximum atomic E-state index is 5.09. The maximum Gasteiger partial charge on any atom is 0.160 e. The van der Waals surface area contributed by atoms with Crippen molar-refractivity contribution in [1.82, 2.24) is 19.9 Å². The highest BCUT2D eigenvalue weighted by Gasteiger charge is 2.17. The summed E-state index contributed by atoms with van der Waals surface area (Å²) in [6.45, 7) is 0. The van der Waals surface area contributed by atoms with Crippen LogP contribution in [0.25, 0.3) is 110 Å². The van der Waals surface area contributed by atoms with Crippen LogP contribution in [0.5, 0.6) is 0 Å². The molecule has 0 fully saturated rings. The number of aromatic nitrogens is 4. The van der Waals surface area contributed by atoms with Gasteiger partial charge in [0.15, 0.2) is 11.6 Å². The van der Waals surface area contributed by atoms with Crippen molar-refractivity contribution < 1.29 is 0 Å². The second-order valence-electron chi connectivity index (χ2n) is 15.0. The first-order chi connectivity index (χ1) is 30.2. The predicted octanol–water partition coefficient (Wildman–Crippen LogP) is 15.0. The molecule has 5 heteroatoms. The van der Waals surface area contributed by atoms with Gasteiger partial charge >= 0.3 is 0 Å². The molecule has 0 bridgehead atoms. The highest BCUT2D eigenvalue weighted by molar-refractivity contribution is 7.26. The minimum absolute atomic E-state index is 0.697. The van der Waals surface area contributed by atoms with Gasteiger partial charge in [0.1, 0.15) is 0 Å². The molecule has 61 heavy (non-hydrogen) atoms. The van der Waals surface area contributed by atoms with Crippen molar-refractivity contribution in [2.45, 2.75) is 0 Å². The van der Waals surface area contributed by atoms with Crippen molar-refractivity contribution in [3.8, 4) is 90.1 Å². The SMILES string of the molecule is c1ccc(-c2cc(-c3ccc(-c4cc(-c5ccc(-c6nc(-c7ccccc7)cc(-c7ccccc7)n6)cc5)c5sc6ccccc6c5c4)cc3)nc(-c3ccccc3)n2)cc1. The first kappa shape index (κ1) is 36.2. The topological polar surface area (TPSA) is 51.6 Å². The van der Waals surface area contributed by atoms with Gasteiger partial charge in [-0.2, -0.15) is 0 Å². The Hall–Kier alpha value is -7.86. The molecule has 0 aliphatic rings. The van der Waals surface area contributed by atoms with Crippen LogP contribution >= 0.6 is 11.3 Å². The molecule has 0 N–H and O–H groups in total. The molecule has 3 heterocycles. The predicted molar refractivity (Wildman–Crippen MR) is 254 cm³/mol. The Labute approximate surface area is 358 Å². The number of benzene rings is 8. The third-order valence-electron chi connectivity index (χ3n) is 11.1. The van der Waals surface area contributed by atoms with E-state index in [9.17, 15) is 0 Å². The number of fused-ring (bicyclic) bond motifs is 3. The maximum absolute atomic E-state index is 5.09. The van der Waals surface area contributed by atoms with Crippen molar-refractivity contribution in [2.24, 2.45) is 0 Å². The van der Waals surface area contributed by atoms with Gasteiger partial charge in [0.25, 0.3) is 0 Å². The molecular weight excluding hydrogens is 761 g/mol. The van der Waals surface area contributed by atoms with Crippen molar-refractivity contribution in [2.75, 3.05) is 0 Å². The molecule has 0 amide bonds. The molecular formula is C56H36N4S. The van der Waals surface area contributed by atoms with E-state index in [1.807, 2.05) is 84.1 Å². The average molecular weight is 797 g/mol. The van der Waals surface area contributed by atoms with Crippen LogP contribution < -0.4 is 0 Å². The number of nitrogens with zero attached hydrogens (tertiary/aromatic N) is 4. The summed E-state index contributed by atoms with van der Waals surface area (Å²) in [6, 6.07) is 76.3. The Balaban J connectivity index is 0.989. The van der Waals surface area contributed by atoms with Gasteiger partial charge in [-0.15, -0.1) is 11.3 Å². The minimum atomic E-state index is 0.697. The lowest BCUT2D eigenvalue weighted by atomic mass is 9.94. The number of hydrogen-bond acceptors (Lipinski definition) is 5. The quantitative estimate of drug-likeness (QED) is 0.154. The number of thiophene rings is 1. The summed E-state index contributed by atoms with van der Waals surface area (Å²) in [5.41, 5.74) is 14.4. The Kier molecular flexibility index (Phi) is 9.34. The van der Waals surface area contributed by atoms with Gasteiger partial charge < -0.3 is 0 Å². The first-order valence-corrected chi connectivity index (χ1v) is 21.2. The molecule has 286 valence electrons. The van der Waals surface area contributed by atoms with Crippen LogP contribution in [0.1, 0.15) is 0 Å². The standard InChI is InChI=1S/C56H36N4S/c1-5-15-39(16-6-1)49-35-50(40-17-7-2-8-18-40)59-56(58-49)44-31-27-38(28-32-44)47-33-45(34-48-46-23-13-14-24-53(46)61-54(47)48)37-25-29-42(30-26-37)52-36-51(41-19-9-3-10-20-41)57-55(60-52)43-21-11-4-12-22-43/h1-36H. The lowest BCUT2D eigenvalue weighted by Gasteiger charge is -2.12. The smallest absolute Gasteiger partial charge is 0.160 e. The van der Waals surface area contributed by atoms with Crippen molar-refractivity contribution >= 4 is 31.5 Å². The zero-order chi connectivity index (χ0) is 40.5. The molecule has 8 aromatic carbocycles. The Bertz CT molecular complexity index is 3200. The highest BCUT2D eigenvalue weighted by atomic mass is 32.1. The van der Waals surface area contributed by atoms with Gasteiger partial charge in [0.2, 0.25) is 0 Å². The van der Waals surface area contributed by atoms with E-state index in [0.29, 0.717) is 11.6 Å². The van der Waals surface area contributed by atoms with E-state index in [0.717, 1.165) is 72.8 Å². The summed E-state index contributed by atoms with van der Waals surface area (Å²) in [5, 5.41) is 2.52. The zero-order valence-corrected chi connectivity index (χ0v) is 33.8. The fourth-order valence-electron chi connectivity index (χ4n) is 8.00. The normalized spacial score (nSPS) is 11.3. The van der Waals surface area contributed by atoms with Crippen LogP contribution in [0.4, 0.5) is 0 Å². The van der Waals surface area contributed by atoms with E-state index >= 15 is 0 Å². The van der Waals surface area contributed by atoms with Gasteiger partial charge in [0, 0.05) is 59.1 Å². The van der Waals surface area contributed by atoms with Crippen LogP contribution in [0.2, 0.25) is 0 Å². The van der Waals surface area contributed by atoms with Gasteiger partial charge in [-0.1, -0.05) is 188 Å². The molecule has 11 aromatic rings. The summed E-state index contributed by atoms with van der Waals surface area (Å²) in [7, 11) is 0. The van der Waals surface area contributed by atoms with Gasteiger partial charge in [0.05, 0.1) is 22.8 Å². The van der Waals surface area contributed by atoms with E-state index in [1.165, 1.54) is 25.7 Å². The largest absolute Gasteiger partial charge is 0.228 e. The average Bonchev–Trinajstić information content (AvgIpc) is 3.73. The monoisotopic (exact) mass is 796 g/mol. The molecule has 3 aromatic heterocycles. The molecule has 0 saturated heterocycles. The van der Waals surface area contributed by atoms with E-state index < -0.39 is 0 Å². The second kappa shape index (κ2) is 15.7. The lowest BCUT2D eigenvalue weighted by molar-refractivity contribution is 1.18. The van der Waals surface area contributed by atoms with E-state index in [4.69, 9.17) is 19.9 Å². The molecule has 4 nitrogen and oxygen atoms in total. The Morgan fingerprint density at radius 3 is 1.15 bits per heavy atom. The summed E-state index contributed by atoms with van der Waals surface area (Å²) in [4.78, 5) is 20.2. The summed E-state index contributed by atoms with van der Waals surface area (Å²) in [5.74, 6) is 1.40. The fraction of sp³-hybridized carbons (Fsp3) is 0. The van der Waals surface area contributed by atoms with Gasteiger partial charge in [-0.25, -0.2) is 19.9 Å². The Morgan fingerprint density at radius 1 is 0.262 bits per heavy atom. The van der Waals surface area contributed by atoms with Crippen LogP contribution in [0, 0.1) is 0 Å². The molecule has 0 radical (unpaired) electrons. The van der Waals surface area contributed by atoms with E-state index in [2.05, 4.69) is 146 Å². The zero-order valence-electron chi connectivity index (χ0n) is 33.0. The highest BCUT2D eigenvalue weighted by Crippen LogP contribution is 2.43. The second-order valence-corrected chi connectivity index (χ2v) is 16.1. The molecule has 0 aliphatic heterocycles. The fourth-order valence-corrected chi connectivity index (χ4v) is 9.22. The molecule has 0 aliphatic carbocycles. The summed E-state index contributed by atoms with van der Waals surface area (Å²) < 4.78 is 2.54. The van der Waals surface area contributed by atoms with E-state index in [1.54, 1.807) is 0 Å². The van der Waals surface area contributed by atoms with Gasteiger partial charge in [-0.05, 0) is 47.0 Å².